The third kappa shape index (κ3) is 2.57. The number of amides is 1. The molecule has 3 aromatic rings. The zero-order valence-corrected chi connectivity index (χ0v) is 13.4. The van der Waals surface area contributed by atoms with E-state index in [0.29, 0.717) is 10.9 Å². The monoisotopic (exact) mass is 325 g/mol. The number of hydrogen-bond donors (Lipinski definition) is 0. The van der Waals surface area contributed by atoms with E-state index in [1.165, 1.54) is 17.3 Å². The average molecular weight is 325 g/mol. The predicted octanol–water partition coefficient (Wildman–Crippen LogP) is 2.19. The Hall–Kier alpha value is -2.41. The molecule has 1 aromatic carbocycles. The van der Waals surface area contributed by atoms with Crippen LogP contribution < -0.4 is 4.90 Å². The lowest BCUT2D eigenvalue weighted by Crippen LogP contribution is -2.35. The Balaban J connectivity index is 1.53. The molecule has 1 unspecified atom stereocenters. The van der Waals surface area contributed by atoms with Crippen LogP contribution in [0.3, 0.4) is 0 Å². The largest absolute Gasteiger partial charge is 0.311 e. The molecule has 0 saturated heterocycles. The van der Waals surface area contributed by atoms with Gasteiger partial charge in [-0.25, -0.2) is 9.50 Å². The van der Waals surface area contributed by atoms with Crippen molar-refractivity contribution in [2.45, 2.75) is 23.8 Å². The first-order chi connectivity index (χ1) is 11.2. The highest BCUT2D eigenvalue weighted by molar-refractivity contribution is 8.00. The molecular weight excluding hydrogens is 310 g/mol. The van der Waals surface area contributed by atoms with E-state index in [4.69, 9.17) is 0 Å². The van der Waals surface area contributed by atoms with Crippen LogP contribution in [0.15, 0.2) is 47.9 Å². The van der Waals surface area contributed by atoms with E-state index in [0.717, 1.165) is 18.7 Å². The van der Waals surface area contributed by atoms with E-state index in [1.54, 1.807) is 23.0 Å². The van der Waals surface area contributed by atoms with E-state index >= 15 is 0 Å². The number of thioether (sulfide) groups is 1. The fourth-order valence-electron chi connectivity index (χ4n) is 2.76. The Bertz CT molecular complexity index is 845. The summed E-state index contributed by atoms with van der Waals surface area (Å²) in [6.07, 6.45) is 4.38. The van der Waals surface area contributed by atoms with Crippen LogP contribution in [0.5, 0.6) is 0 Å². The van der Waals surface area contributed by atoms with Crippen LogP contribution in [0.1, 0.15) is 12.5 Å². The molecule has 2 aromatic heterocycles. The van der Waals surface area contributed by atoms with Crippen LogP contribution in [0, 0.1) is 0 Å². The average Bonchev–Trinajstić information content (AvgIpc) is 3.17. The Morgan fingerprint density at radius 2 is 2.17 bits per heavy atom. The Kier molecular flexibility index (Phi) is 3.49. The third-order valence-electron chi connectivity index (χ3n) is 3.88. The molecule has 1 aliphatic heterocycles. The number of benzene rings is 1. The molecule has 0 fully saturated rings. The number of hydrogen-bond acceptors (Lipinski definition) is 5. The van der Waals surface area contributed by atoms with Crippen molar-refractivity contribution in [2.24, 2.45) is 0 Å². The normalized spacial score (nSPS) is 14.9. The number of carbonyl (C=O) groups excluding carboxylic acids is 1. The number of aromatic nitrogens is 4. The van der Waals surface area contributed by atoms with Crippen molar-refractivity contribution in [1.29, 1.82) is 0 Å². The van der Waals surface area contributed by atoms with Crippen molar-refractivity contribution < 1.29 is 4.79 Å². The van der Waals surface area contributed by atoms with Crippen LogP contribution in [-0.4, -0.2) is 37.3 Å². The van der Waals surface area contributed by atoms with Crippen molar-refractivity contribution in [1.82, 2.24) is 19.6 Å². The molecule has 0 N–H and O–H groups in total. The van der Waals surface area contributed by atoms with Gasteiger partial charge < -0.3 is 4.90 Å². The maximum absolute atomic E-state index is 12.8. The highest BCUT2D eigenvalue weighted by atomic mass is 32.2. The second kappa shape index (κ2) is 5.66. The summed E-state index contributed by atoms with van der Waals surface area (Å²) in [6.45, 7) is 2.64. The van der Waals surface area contributed by atoms with Crippen molar-refractivity contribution in [3.63, 3.8) is 0 Å². The molecule has 4 rings (SSSR count). The summed E-state index contributed by atoms with van der Waals surface area (Å²) in [7, 11) is 0. The van der Waals surface area contributed by atoms with Gasteiger partial charge in [-0.05, 0) is 31.0 Å². The van der Waals surface area contributed by atoms with Gasteiger partial charge in [0.25, 0.3) is 5.78 Å². The fraction of sp³-hybridized carbons (Fsp3) is 0.250. The SMILES string of the molecule is CC(Sc1nc2ncccn2n1)C(=O)N1CCc2ccccc21. The van der Waals surface area contributed by atoms with Gasteiger partial charge in [-0.15, -0.1) is 5.10 Å². The summed E-state index contributed by atoms with van der Waals surface area (Å²) < 4.78 is 1.62. The molecular formula is C16H15N5OS. The smallest absolute Gasteiger partial charge is 0.253 e. The minimum Gasteiger partial charge on any atom is -0.311 e. The van der Waals surface area contributed by atoms with Crippen LogP contribution >= 0.6 is 11.8 Å². The molecule has 23 heavy (non-hydrogen) atoms. The molecule has 3 heterocycles. The van der Waals surface area contributed by atoms with E-state index in [2.05, 4.69) is 21.1 Å². The Morgan fingerprint density at radius 3 is 3.04 bits per heavy atom. The zero-order chi connectivity index (χ0) is 15.8. The summed E-state index contributed by atoms with van der Waals surface area (Å²) in [5.74, 6) is 0.632. The quantitative estimate of drug-likeness (QED) is 0.691. The summed E-state index contributed by atoms with van der Waals surface area (Å²) >= 11 is 1.36. The van der Waals surface area contributed by atoms with Gasteiger partial charge in [0.1, 0.15) is 0 Å². The third-order valence-corrected chi connectivity index (χ3v) is 4.82. The topological polar surface area (TPSA) is 63.4 Å². The van der Waals surface area contributed by atoms with Crippen LogP contribution in [0.25, 0.3) is 5.78 Å². The zero-order valence-electron chi connectivity index (χ0n) is 12.6. The van der Waals surface area contributed by atoms with Crippen LogP contribution in [0.2, 0.25) is 0 Å². The van der Waals surface area contributed by atoms with E-state index in [9.17, 15) is 4.79 Å². The Morgan fingerprint density at radius 1 is 1.30 bits per heavy atom. The molecule has 6 nitrogen and oxygen atoms in total. The minimum atomic E-state index is -0.251. The van der Waals surface area contributed by atoms with Gasteiger partial charge in [-0.2, -0.15) is 4.98 Å². The molecule has 7 heteroatoms. The summed E-state index contributed by atoms with van der Waals surface area (Å²) in [5, 5.41) is 4.66. The van der Waals surface area contributed by atoms with Crippen molar-refractivity contribution >= 4 is 29.1 Å². The molecule has 0 saturated carbocycles. The molecule has 0 radical (unpaired) electrons. The van der Waals surface area contributed by atoms with Gasteiger partial charge in [0.15, 0.2) is 0 Å². The van der Waals surface area contributed by atoms with E-state index < -0.39 is 0 Å². The number of anilines is 1. The molecule has 116 valence electrons. The molecule has 0 spiro atoms. The maximum atomic E-state index is 12.8. The van der Waals surface area contributed by atoms with E-state index in [1.807, 2.05) is 30.0 Å². The van der Waals surface area contributed by atoms with Gasteiger partial charge in [-0.3, -0.25) is 4.79 Å². The first-order valence-corrected chi connectivity index (χ1v) is 8.34. The lowest BCUT2D eigenvalue weighted by atomic mass is 10.2. The minimum absolute atomic E-state index is 0.0896. The molecule has 0 bridgehead atoms. The molecule has 1 atom stereocenters. The molecule has 1 aliphatic rings. The van der Waals surface area contributed by atoms with Crippen LogP contribution in [-0.2, 0) is 11.2 Å². The Labute approximate surface area is 137 Å². The summed E-state index contributed by atoms with van der Waals surface area (Å²) in [5.41, 5.74) is 2.25. The number of nitrogens with zero attached hydrogens (tertiary/aromatic N) is 5. The number of fused-ring (bicyclic) bond motifs is 2. The van der Waals surface area contributed by atoms with Gasteiger partial charge >= 0.3 is 0 Å². The van der Waals surface area contributed by atoms with Gasteiger partial charge in [0.05, 0.1) is 5.25 Å². The van der Waals surface area contributed by atoms with Crippen molar-refractivity contribution in [3.8, 4) is 0 Å². The van der Waals surface area contributed by atoms with Gasteiger partial charge in [-0.1, -0.05) is 30.0 Å². The standard InChI is InChI=1S/C16H15N5OS/c1-11(23-16-18-15-17-8-4-9-21(15)19-16)14(22)20-10-7-12-5-2-3-6-13(12)20/h2-6,8-9,11H,7,10H2,1H3. The lowest BCUT2D eigenvalue weighted by molar-refractivity contribution is -0.117. The van der Waals surface area contributed by atoms with Gasteiger partial charge in [0.2, 0.25) is 11.1 Å². The second-order valence-corrected chi connectivity index (χ2v) is 6.70. The van der Waals surface area contributed by atoms with Gasteiger partial charge in [0, 0.05) is 24.6 Å². The summed E-state index contributed by atoms with van der Waals surface area (Å²) in [4.78, 5) is 23.1. The van der Waals surface area contributed by atoms with E-state index in [-0.39, 0.29) is 11.2 Å². The number of para-hydroxylation sites is 1. The highest BCUT2D eigenvalue weighted by Gasteiger charge is 2.29. The summed E-state index contributed by atoms with van der Waals surface area (Å²) in [6, 6.07) is 9.86. The number of carbonyl (C=O) groups is 1. The lowest BCUT2D eigenvalue weighted by Gasteiger charge is -2.20. The first kappa shape index (κ1) is 14.2. The highest BCUT2D eigenvalue weighted by Crippen LogP contribution is 2.30. The number of rotatable bonds is 3. The molecule has 1 amide bonds. The van der Waals surface area contributed by atoms with Crippen LogP contribution in [0.4, 0.5) is 5.69 Å². The second-order valence-electron chi connectivity index (χ2n) is 5.39. The predicted molar refractivity (Wildman–Crippen MR) is 88.6 cm³/mol. The van der Waals surface area contributed by atoms with Crippen molar-refractivity contribution in [3.05, 3.63) is 48.3 Å². The fourth-order valence-corrected chi connectivity index (χ4v) is 3.57. The molecule has 0 aliphatic carbocycles. The first-order valence-electron chi connectivity index (χ1n) is 7.46. The van der Waals surface area contributed by atoms with Crippen molar-refractivity contribution in [2.75, 3.05) is 11.4 Å². The maximum Gasteiger partial charge on any atom is 0.253 e.